The SMILES string of the molecule is CNCCN1CC(C(=O)Nc2cc(Cl)cc3c2[nH]c2cnccc23)CC1=O. The van der Waals surface area contributed by atoms with Gasteiger partial charge in [0.1, 0.15) is 0 Å². The number of likely N-dealkylation sites (tertiary alicyclic amines) is 1. The molecule has 4 rings (SSSR count). The highest BCUT2D eigenvalue weighted by molar-refractivity contribution is 6.32. The van der Waals surface area contributed by atoms with Gasteiger partial charge in [-0.3, -0.25) is 14.6 Å². The Morgan fingerprint density at radius 2 is 2.26 bits per heavy atom. The summed E-state index contributed by atoms with van der Waals surface area (Å²) in [4.78, 5) is 34.0. The summed E-state index contributed by atoms with van der Waals surface area (Å²) in [5.41, 5.74) is 2.28. The molecule has 1 fully saturated rings. The van der Waals surface area contributed by atoms with Gasteiger partial charge >= 0.3 is 0 Å². The Balaban J connectivity index is 1.60. The molecule has 3 aromatic rings. The highest BCUT2D eigenvalue weighted by Crippen LogP contribution is 2.33. The number of nitrogens with one attached hydrogen (secondary N) is 3. The zero-order valence-corrected chi connectivity index (χ0v) is 15.6. The van der Waals surface area contributed by atoms with E-state index in [4.69, 9.17) is 11.6 Å². The first-order valence-corrected chi connectivity index (χ1v) is 9.23. The quantitative estimate of drug-likeness (QED) is 0.629. The van der Waals surface area contributed by atoms with Gasteiger partial charge in [-0.05, 0) is 25.2 Å². The van der Waals surface area contributed by atoms with Crippen molar-refractivity contribution in [2.75, 3.05) is 32.0 Å². The van der Waals surface area contributed by atoms with Crippen LogP contribution in [-0.4, -0.2) is 53.4 Å². The van der Waals surface area contributed by atoms with Crippen molar-refractivity contribution in [2.45, 2.75) is 6.42 Å². The monoisotopic (exact) mass is 385 g/mol. The standard InChI is InChI=1S/C19H20ClN5O2/c1-21-4-5-25-10-11(6-17(25)26)19(27)24-15-8-12(20)7-14-13-2-3-22-9-16(13)23-18(14)15/h2-3,7-9,11,21,23H,4-6,10H2,1H3,(H,24,27). The van der Waals surface area contributed by atoms with Crippen LogP contribution in [0, 0.1) is 5.92 Å². The van der Waals surface area contributed by atoms with Crippen molar-refractivity contribution >= 4 is 50.9 Å². The van der Waals surface area contributed by atoms with E-state index < -0.39 is 0 Å². The maximum atomic E-state index is 12.8. The van der Waals surface area contributed by atoms with Crippen LogP contribution in [-0.2, 0) is 9.59 Å². The van der Waals surface area contributed by atoms with Crippen LogP contribution >= 0.6 is 11.6 Å². The van der Waals surface area contributed by atoms with Crippen molar-refractivity contribution in [1.82, 2.24) is 20.2 Å². The fourth-order valence-electron chi connectivity index (χ4n) is 3.56. The Labute approximate surface area is 161 Å². The molecule has 0 saturated carbocycles. The van der Waals surface area contributed by atoms with Gasteiger partial charge in [-0.1, -0.05) is 11.6 Å². The summed E-state index contributed by atoms with van der Waals surface area (Å²) in [5, 5.41) is 8.43. The molecule has 2 aromatic heterocycles. The van der Waals surface area contributed by atoms with E-state index in [-0.39, 0.29) is 24.2 Å². The molecule has 0 aliphatic carbocycles. The smallest absolute Gasteiger partial charge is 0.229 e. The number of carbonyl (C=O) groups excluding carboxylic acids is 2. The van der Waals surface area contributed by atoms with E-state index in [1.807, 2.05) is 19.2 Å². The van der Waals surface area contributed by atoms with Gasteiger partial charge in [0, 0.05) is 48.0 Å². The minimum absolute atomic E-state index is 0.0123. The molecule has 3 heterocycles. The highest BCUT2D eigenvalue weighted by atomic mass is 35.5. The summed E-state index contributed by atoms with van der Waals surface area (Å²) in [6.07, 6.45) is 3.69. The van der Waals surface area contributed by atoms with Crippen molar-refractivity contribution in [3.8, 4) is 0 Å². The van der Waals surface area contributed by atoms with E-state index in [9.17, 15) is 9.59 Å². The van der Waals surface area contributed by atoms with Gasteiger partial charge in [0.2, 0.25) is 11.8 Å². The largest absolute Gasteiger partial charge is 0.352 e. The molecular formula is C19H20ClN5O2. The predicted molar refractivity (Wildman–Crippen MR) is 106 cm³/mol. The molecule has 1 aromatic carbocycles. The molecular weight excluding hydrogens is 366 g/mol. The van der Waals surface area contributed by atoms with Crippen LogP contribution in [0.15, 0.2) is 30.6 Å². The third-order valence-electron chi connectivity index (χ3n) is 4.95. The fraction of sp³-hybridized carbons (Fsp3) is 0.316. The fourth-order valence-corrected chi connectivity index (χ4v) is 3.78. The molecule has 0 radical (unpaired) electrons. The van der Waals surface area contributed by atoms with Gasteiger partial charge in [-0.15, -0.1) is 0 Å². The Kier molecular flexibility index (Phi) is 4.72. The van der Waals surface area contributed by atoms with Gasteiger partial charge in [0.15, 0.2) is 0 Å². The van der Waals surface area contributed by atoms with Crippen LogP contribution in [0.25, 0.3) is 21.8 Å². The molecule has 0 bridgehead atoms. The lowest BCUT2D eigenvalue weighted by atomic mass is 10.1. The first kappa shape index (κ1) is 17.8. The number of hydrogen-bond donors (Lipinski definition) is 3. The van der Waals surface area contributed by atoms with Crippen molar-refractivity contribution in [3.63, 3.8) is 0 Å². The van der Waals surface area contributed by atoms with Crippen LogP contribution in [0.2, 0.25) is 5.02 Å². The van der Waals surface area contributed by atoms with Crippen LogP contribution in [0.4, 0.5) is 5.69 Å². The second-order valence-electron chi connectivity index (χ2n) is 6.76. The van der Waals surface area contributed by atoms with Gasteiger partial charge < -0.3 is 20.5 Å². The van der Waals surface area contributed by atoms with E-state index in [0.717, 1.165) is 21.8 Å². The third-order valence-corrected chi connectivity index (χ3v) is 5.17. The number of amides is 2. The maximum absolute atomic E-state index is 12.8. The molecule has 140 valence electrons. The zero-order chi connectivity index (χ0) is 19.0. The number of likely N-dealkylation sites (N-methyl/N-ethyl adjacent to an activating group) is 1. The molecule has 1 unspecified atom stereocenters. The Morgan fingerprint density at radius 3 is 3.07 bits per heavy atom. The zero-order valence-electron chi connectivity index (χ0n) is 14.9. The molecule has 0 spiro atoms. The predicted octanol–water partition coefficient (Wildman–Crippen LogP) is 2.38. The van der Waals surface area contributed by atoms with E-state index in [1.165, 1.54) is 0 Å². The molecule has 1 atom stereocenters. The summed E-state index contributed by atoms with van der Waals surface area (Å²) in [7, 11) is 1.84. The average Bonchev–Trinajstić information content (AvgIpc) is 3.21. The summed E-state index contributed by atoms with van der Waals surface area (Å²) in [6, 6.07) is 5.50. The minimum atomic E-state index is -0.366. The van der Waals surface area contributed by atoms with Crippen molar-refractivity contribution < 1.29 is 9.59 Å². The third kappa shape index (κ3) is 3.36. The van der Waals surface area contributed by atoms with E-state index in [1.54, 1.807) is 23.4 Å². The first-order chi connectivity index (χ1) is 13.1. The number of rotatable bonds is 5. The van der Waals surface area contributed by atoms with Crippen molar-refractivity contribution in [3.05, 3.63) is 35.6 Å². The molecule has 3 N–H and O–H groups in total. The van der Waals surface area contributed by atoms with E-state index in [2.05, 4.69) is 20.6 Å². The number of fused-ring (bicyclic) bond motifs is 3. The minimum Gasteiger partial charge on any atom is -0.352 e. The molecule has 8 heteroatoms. The molecule has 1 saturated heterocycles. The Hall–Kier alpha value is -2.64. The van der Waals surface area contributed by atoms with Crippen LogP contribution in [0.1, 0.15) is 6.42 Å². The Morgan fingerprint density at radius 1 is 1.41 bits per heavy atom. The van der Waals surface area contributed by atoms with Crippen molar-refractivity contribution in [2.24, 2.45) is 5.92 Å². The molecule has 2 amide bonds. The highest BCUT2D eigenvalue weighted by Gasteiger charge is 2.34. The number of aromatic nitrogens is 2. The van der Waals surface area contributed by atoms with Gasteiger partial charge in [-0.2, -0.15) is 0 Å². The number of carbonyl (C=O) groups is 2. The topological polar surface area (TPSA) is 90.1 Å². The number of H-pyrrole nitrogens is 1. The summed E-state index contributed by atoms with van der Waals surface area (Å²) < 4.78 is 0. The van der Waals surface area contributed by atoms with Crippen LogP contribution < -0.4 is 10.6 Å². The number of halogens is 1. The van der Waals surface area contributed by atoms with Gasteiger partial charge in [0.25, 0.3) is 0 Å². The number of pyridine rings is 1. The summed E-state index contributed by atoms with van der Waals surface area (Å²) in [5.74, 6) is -0.525. The van der Waals surface area contributed by atoms with Crippen molar-refractivity contribution in [1.29, 1.82) is 0 Å². The number of aromatic amines is 1. The van der Waals surface area contributed by atoms with E-state index >= 15 is 0 Å². The average molecular weight is 386 g/mol. The molecule has 1 aliphatic heterocycles. The normalized spacial score (nSPS) is 17.2. The lowest BCUT2D eigenvalue weighted by Crippen LogP contribution is -2.33. The number of benzene rings is 1. The summed E-state index contributed by atoms with van der Waals surface area (Å²) in [6.45, 7) is 1.75. The number of hydrogen-bond acceptors (Lipinski definition) is 4. The Bertz CT molecular complexity index is 1030. The summed E-state index contributed by atoms with van der Waals surface area (Å²) >= 11 is 6.28. The van der Waals surface area contributed by atoms with Crippen LogP contribution in [0.5, 0.6) is 0 Å². The van der Waals surface area contributed by atoms with E-state index in [0.29, 0.717) is 30.3 Å². The van der Waals surface area contributed by atoms with Gasteiger partial charge in [-0.25, -0.2) is 0 Å². The molecule has 27 heavy (non-hydrogen) atoms. The maximum Gasteiger partial charge on any atom is 0.229 e. The molecule has 7 nitrogen and oxygen atoms in total. The lowest BCUT2D eigenvalue weighted by molar-refractivity contribution is -0.128. The number of anilines is 1. The second-order valence-corrected chi connectivity index (χ2v) is 7.19. The molecule has 1 aliphatic rings. The first-order valence-electron chi connectivity index (χ1n) is 8.85. The number of nitrogens with zero attached hydrogens (tertiary/aromatic N) is 2. The van der Waals surface area contributed by atoms with Gasteiger partial charge in [0.05, 0.1) is 28.8 Å². The second kappa shape index (κ2) is 7.17. The van der Waals surface area contributed by atoms with Crippen LogP contribution in [0.3, 0.4) is 0 Å². The lowest BCUT2D eigenvalue weighted by Gasteiger charge is -2.16.